The van der Waals surface area contributed by atoms with E-state index in [2.05, 4.69) is 17.4 Å². The molecule has 1 saturated heterocycles. The first kappa shape index (κ1) is 19.5. The van der Waals surface area contributed by atoms with Crippen LogP contribution < -0.4 is 5.32 Å². The topological polar surface area (TPSA) is 78.9 Å². The number of rotatable bonds is 4. The Bertz CT molecular complexity index is 870. The van der Waals surface area contributed by atoms with Gasteiger partial charge in [-0.15, -0.1) is 0 Å². The van der Waals surface area contributed by atoms with Crippen LogP contribution in [-0.4, -0.2) is 40.7 Å². The van der Waals surface area contributed by atoms with Crippen molar-refractivity contribution in [2.45, 2.75) is 50.5 Å². The highest BCUT2D eigenvalue weighted by Gasteiger charge is 2.40. The number of hydrogen-bond donors (Lipinski definition) is 2. The predicted molar refractivity (Wildman–Crippen MR) is 108 cm³/mol. The fraction of sp³-hybridized carbons (Fsp3) is 0.391. The minimum absolute atomic E-state index is 0.0626. The average Bonchev–Trinajstić information content (AvgIpc) is 3.15. The number of β-amino-alcohol motifs (C(OH)–C–C–N with tert-alkyl or cyclic N) is 1. The number of amides is 2. The van der Waals surface area contributed by atoms with Crippen molar-refractivity contribution in [3.8, 4) is 0 Å². The zero-order valence-electron chi connectivity index (χ0n) is 16.3. The number of ether oxygens (including phenoxy) is 1. The molecule has 0 bridgehead atoms. The van der Waals surface area contributed by atoms with Gasteiger partial charge in [-0.3, -0.25) is 9.69 Å². The molecule has 1 heterocycles. The Hall–Kier alpha value is -2.86. The molecule has 0 saturated carbocycles. The van der Waals surface area contributed by atoms with Gasteiger partial charge in [-0.05, 0) is 36.0 Å². The van der Waals surface area contributed by atoms with Crippen LogP contribution in [-0.2, 0) is 22.6 Å². The van der Waals surface area contributed by atoms with Crippen LogP contribution in [0.4, 0.5) is 4.79 Å². The molecule has 2 aromatic carbocycles. The minimum atomic E-state index is -0.728. The van der Waals surface area contributed by atoms with Crippen LogP contribution in [0.1, 0.15) is 42.0 Å². The Labute approximate surface area is 170 Å². The normalized spacial score (nSPS) is 23.3. The Kier molecular flexibility index (Phi) is 5.81. The molecule has 2 amide bonds. The summed E-state index contributed by atoms with van der Waals surface area (Å²) in [5.41, 5.74) is 3.28. The Balaban J connectivity index is 1.41. The van der Waals surface area contributed by atoms with E-state index < -0.39 is 18.2 Å². The van der Waals surface area contributed by atoms with Crippen molar-refractivity contribution in [3.63, 3.8) is 0 Å². The van der Waals surface area contributed by atoms with E-state index in [9.17, 15) is 14.7 Å². The van der Waals surface area contributed by atoms with Crippen LogP contribution in [0.3, 0.4) is 0 Å². The largest absolute Gasteiger partial charge is 0.445 e. The summed E-state index contributed by atoms with van der Waals surface area (Å²) < 4.78 is 5.38. The quantitative estimate of drug-likeness (QED) is 0.836. The number of fused-ring (bicyclic) bond motifs is 1. The van der Waals surface area contributed by atoms with E-state index in [-0.39, 0.29) is 31.5 Å². The van der Waals surface area contributed by atoms with Crippen molar-refractivity contribution in [2.24, 2.45) is 0 Å². The lowest BCUT2D eigenvalue weighted by Gasteiger charge is -2.29. The van der Waals surface area contributed by atoms with Crippen molar-refractivity contribution >= 4 is 12.0 Å². The third-order valence-corrected chi connectivity index (χ3v) is 5.71. The lowest BCUT2D eigenvalue weighted by Crippen LogP contribution is -2.47. The fourth-order valence-corrected chi connectivity index (χ4v) is 4.24. The number of nitrogens with zero attached hydrogens (tertiary/aromatic N) is 1. The lowest BCUT2D eigenvalue weighted by atomic mass is 9.87. The SMILES string of the molecule is O=C(N[C@@H]1CCCc2ccccc21)[C@@H]1C[C@H](O)CN1C(=O)OCc1ccccc1. The molecule has 6 heteroatoms. The second-order valence-corrected chi connectivity index (χ2v) is 7.75. The number of hydrogen-bond acceptors (Lipinski definition) is 4. The van der Waals surface area contributed by atoms with Crippen LogP contribution >= 0.6 is 0 Å². The predicted octanol–water partition coefficient (Wildman–Crippen LogP) is 2.95. The van der Waals surface area contributed by atoms with Crippen molar-refractivity contribution in [2.75, 3.05) is 6.54 Å². The molecular weight excluding hydrogens is 368 g/mol. The molecule has 152 valence electrons. The molecule has 1 aliphatic carbocycles. The van der Waals surface area contributed by atoms with E-state index in [0.717, 1.165) is 30.4 Å². The molecule has 3 atom stereocenters. The van der Waals surface area contributed by atoms with E-state index in [1.165, 1.54) is 10.5 Å². The molecule has 0 unspecified atom stereocenters. The Morgan fingerprint density at radius 3 is 2.69 bits per heavy atom. The van der Waals surface area contributed by atoms with Gasteiger partial charge < -0.3 is 15.2 Å². The molecule has 2 aromatic rings. The third kappa shape index (κ3) is 4.43. The number of benzene rings is 2. The molecule has 6 nitrogen and oxygen atoms in total. The summed E-state index contributed by atoms with van der Waals surface area (Å²) in [5.74, 6) is -0.236. The van der Waals surface area contributed by atoms with Gasteiger partial charge in [0.2, 0.25) is 5.91 Å². The fourth-order valence-electron chi connectivity index (χ4n) is 4.24. The summed E-state index contributed by atoms with van der Waals surface area (Å²) in [6, 6.07) is 16.8. The van der Waals surface area contributed by atoms with Crippen LogP contribution in [0, 0.1) is 0 Å². The average molecular weight is 394 g/mol. The van der Waals surface area contributed by atoms with Gasteiger partial charge in [0.25, 0.3) is 0 Å². The first-order valence-corrected chi connectivity index (χ1v) is 10.2. The number of aliphatic hydroxyl groups excluding tert-OH is 1. The highest BCUT2D eigenvalue weighted by atomic mass is 16.6. The summed E-state index contributed by atoms with van der Waals surface area (Å²) in [6.45, 7) is 0.240. The zero-order valence-corrected chi connectivity index (χ0v) is 16.3. The summed E-state index contributed by atoms with van der Waals surface area (Å²) in [4.78, 5) is 26.9. The monoisotopic (exact) mass is 394 g/mol. The Morgan fingerprint density at radius 1 is 1.10 bits per heavy atom. The zero-order chi connectivity index (χ0) is 20.2. The first-order valence-electron chi connectivity index (χ1n) is 10.2. The van der Waals surface area contributed by atoms with Crippen molar-refractivity contribution in [1.82, 2.24) is 10.2 Å². The van der Waals surface area contributed by atoms with Crippen molar-refractivity contribution in [1.29, 1.82) is 0 Å². The summed E-state index contributed by atoms with van der Waals surface area (Å²) in [6.07, 6.45) is 1.82. The number of carbonyl (C=O) groups excluding carboxylic acids is 2. The third-order valence-electron chi connectivity index (χ3n) is 5.71. The van der Waals surface area contributed by atoms with E-state index in [1.807, 2.05) is 42.5 Å². The molecule has 0 radical (unpaired) electrons. The summed E-state index contributed by atoms with van der Waals surface area (Å²) >= 11 is 0. The maximum atomic E-state index is 13.0. The van der Waals surface area contributed by atoms with Gasteiger partial charge in [-0.2, -0.15) is 0 Å². The smallest absolute Gasteiger partial charge is 0.410 e. The molecule has 0 spiro atoms. The number of aliphatic hydroxyl groups is 1. The second kappa shape index (κ2) is 8.66. The maximum absolute atomic E-state index is 13.0. The highest BCUT2D eigenvalue weighted by molar-refractivity contribution is 5.86. The van der Waals surface area contributed by atoms with Gasteiger partial charge in [0.05, 0.1) is 18.7 Å². The number of aryl methyl sites for hydroxylation is 1. The maximum Gasteiger partial charge on any atom is 0.410 e. The van der Waals surface area contributed by atoms with Gasteiger partial charge in [-0.25, -0.2) is 4.79 Å². The molecule has 0 aromatic heterocycles. The van der Waals surface area contributed by atoms with Crippen LogP contribution in [0.5, 0.6) is 0 Å². The number of likely N-dealkylation sites (tertiary alicyclic amines) is 1. The van der Waals surface area contributed by atoms with Crippen LogP contribution in [0.25, 0.3) is 0 Å². The molecule has 1 fully saturated rings. The van der Waals surface area contributed by atoms with Gasteiger partial charge in [0.1, 0.15) is 12.6 Å². The van der Waals surface area contributed by atoms with Gasteiger partial charge in [0.15, 0.2) is 0 Å². The van der Waals surface area contributed by atoms with Crippen molar-refractivity contribution in [3.05, 3.63) is 71.3 Å². The summed E-state index contributed by atoms with van der Waals surface area (Å²) in [7, 11) is 0. The number of carbonyl (C=O) groups is 2. The molecule has 2 N–H and O–H groups in total. The first-order chi connectivity index (χ1) is 14.1. The van der Waals surface area contributed by atoms with E-state index >= 15 is 0 Å². The van der Waals surface area contributed by atoms with Crippen molar-refractivity contribution < 1.29 is 19.4 Å². The van der Waals surface area contributed by atoms with E-state index in [0.29, 0.717) is 0 Å². The Morgan fingerprint density at radius 2 is 1.86 bits per heavy atom. The van der Waals surface area contributed by atoms with E-state index in [4.69, 9.17) is 4.74 Å². The lowest BCUT2D eigenvalue weighted by molar-refractivity contribution is -0.126. The van der Waals surface area contributed by atoms with Gasteiger partial charge >= 0.3 is 6.09 Å². The summed E-state index contributed by atoms with van der Waals surface area (Å²) in [5, 5.41) is 13.2. The molecule has 29 heavy (non-hydrogen) atoms. The molecule has 4 rings (SSSR count). The molecular formula is C23H26N2O4. The second-order valence-electron chi connectivity index (χ2n) is 7.75. The van der Waals surface area contributed by atoms with Gasteiger partial charge in [0, 0.05) is 6.42 Å². The molecule has 2 aliphatic rings. The van der Waals surface area contributed by atoms with E-state index in [1.54, 1.807) is 0 Å². The van der Waals surface area contributed by atoms with Crippen LogP contribution in [0.2, 0.25) is 0 Å². The highest BCUT2D eigenvalue weighted by Crippen LogP contribution is 2.30. The standard InChI is InChI=1S/C23H26N2O4/c26-18-13-21(25(14-18)23(28)29-15-16-7-2-1-3-8-16)22(27)24-20-12-6-10-17-9-4-5-11-19(17)20/h1-5,7-9,11,18,20-21,26H,6,10,12-15H2,(H,24,27)/t18-,20+,21-/m0/s1. The number of nitrogens with one attached hydrogen (secondary N) is 1. The van der Waals surface area contributed by atoms with Gasteiger partial charge in [-0.1, -0.05) is 54.6 Å². The van der Waals surface area contributed by atoms with Crippen LogP contribution in [0.15, 0.2) is 54.6 Å². The molecule has 1 aliphatic heterocycles. The minimum Gasteiger partial charge on any atom is -0.445 e.